The molecule has 3 fully saturated rings. The first-order chi connectivity index (χ1) is 13.3. The van der Waals surface area contributed by atoms with Crippen LogP contribution >= 0.6 is 0 Å². The first-order valence-electron chi connectivity index (χ1n) is 11.2. The van der Waals surface area contributed by atoms with Gasteiger partial charge in [0.15, 0.2) is 0 Å². The van der Waals surface area contributed by atoms with Crippen LogP contribution in [0.1, 0.15) is 72.1 Å². The number of carbonyl (C=O) groups excluding carboxylic acids is 1. The molecule has 0 saturated heterocycles. The molecule has 4 nitrogen and oxygen atoms in total. The molecule has 5 aliphatic rings. The van der Waals surface area contributed by atoms with Crippen molar-refractivity contribution < 1.29 is 19.4 Å². The Kier molecular flexibility index (Phi) is 4.17. The van der Waals surface area contributed by atoms with Gasteiger partial charge in [0.2, 0.25) is 6.29 Å². The fourth-order valence-electron chi connectivity index (χ4n) is 7.60. The molecule has 3 aliphatic carbocycles. The van der Waals surface area contributed by atoms with E-state index in [2.05, 4.69) is 26.8 Å². The normalized spacial score (nSPS) is 50.2. The highest BCUT2D eigenvalue weighted by Gasteiger charge is 2.72. The van der Waals surface area contributed by atoms with Gasteiger partial charge in [-0.15, -0.1) is 0 Å². The van der Waals surface area contributed by atoms with Crippen molar-refractivity contribution in [3.63, 3.8) is 0 Å². The van der Waals surface area contributed by atoms with Crippen LogP contribution in [0.25, 0.3) is 0 Å². The molecule has 2 heterocycles. The van der Waals surface area contributed by atoms with Gasteiger partial charge in [0.25, 0.3) is 0 Å². The summed E-state index contributed by atoms with van der Waals surface area (Å²) in [6.45, 7) is 8.17. The predicted octanol–water partition coefficient (Wildman–Crippen LogP) is 4.53. The summed E-state index contributed by atoms with van der Waals surface area (Å²) >= 11 is 0. The van der Waals surface area contributed by atoms with E-state index in [-0.39, 0.29) is 6.10 Å². The van der Waals surface area contributed by atoms with Crippen LogP contribution in [0.4, 0.5) is 0 Å². The van der Waals surface area contributed by atoms with Crippen molar-refractivity contribution in [2.24, 2.45) is 28.1 Å². The maximum Gasteiger partial charge on any atom is 0.333 e. The average Bonchev–Trinajstić information content (AvgIpc) is 3.15. The molecule has 0 amide bonds. The van der Waals surface area contributed by atoms with Crippen molar-refractivity contribution in [2.45, 2.75) is 84.5 Å². The molecule has 1 N–H and O–H groups in total. The Morgan fingerprint density at radius 2 is 2.07 bits per heavy atom. The van der Waals surface area contributed by atoms with Crippen molar-refractivity contribution in [3.8, 4) is 0 Å². The molecule has 0 aromatic rings. The monoisotopic (exact) mass is 386 g/mol. The largest absolute Gasteiger partial charge is 0.429 e. The first-order valence-corrected chi connectivity index (χ1v) is 11.2. The van der Waals surface area contributed by atoms with Crippen LogP contribution in [-0.4, -0.2) is 30.1 Å². The minimum atomic E-state index is -1.14. The minimum absolute atomic E-state index is 0.241. The van der Waals surface area contributed by atoms with Crippen molar-refractivity contribution in [1.29, 1.82) is 0 Å². The van der Waals surface area contributed by atoms with Crippen LogP contribution in [0.15, 0.2) is 23.3 Å². The van der Waals surface area contributed by atoms with E-state index in [0.29, 0.717) is 34.8 Å². The van der Waals surface area contributed by atoms with Gasteiger partial charge < -0.3 is 14.6 Å². The lowest BCUT2D eigenvalue weighted by Gasteiger charge is -2.55. The van der Waals surface area contributed by atoms with Crippen LogP contribution in [0.3, 0.4) is 0 Å². The van der Waals surface area contributed by atoms with Gasteiger partial charge in [-0.3, -0.25) is 0 Å². The molecule has 0 aromatic heterocycles. The molecular formula is C24H34O4. The maximum absolute atomic E-state index is 11.4. The van der Waals surface area contributed by atoms with Crippen LogP contribution in [0.5, 0.6) is 0 Å². The Bertz CT molecular complexity index is 754. The van der Waals surface area contributed by atoms with E-state index in [1.165, 1.54) is 50.2 Å². The second-order valence-electron chi connectivity index (χ2n) is 10.8. The zero-order valence-corrected chi connectivity index (χ0v) is 17.5. The SMILES string of the molecule is C[C@H]1CC[C@@]23C[C@]2(C)CCC[C@@H]3[C@@]1(C)CC1=CC[C@H](C2=CC(=O)O[C@H]2O)OC1. The van der Waals surface area contributed by atoms with Gasteiger partial charge in [-0.25, -0.2) is 4.79 Å². The molecule has 7 atom stereocenters. The third kappa shape index (κ3) is 2.60. The third-order valence-electron chi connectivity index (χ3n) is 9.48. The van der Waals surface area contributed by atoms with Gasteiger partial charge in [-0.2, -0.15) is 0 Å². The molecule has 0 unspecified atom stereocenters. The quantitative estimate of drug-likeness (QED) is 0.572. The van der Waals surface area contributed by atoms with E-state index >= 15 is 0 Å². The third-order valence-corrected chi connectivity index (χ3v) is 9.48. The number of aliphatic hydroxyl groups is 1. The Morgan fingerprint density at radius 3 is 2.75 bits per heavy atom. The maximum atomic E-state index is 11.4. The highest BCUT2D eigenvalue weighted by atomic mass is 16.6. The lowest BCUT2D eigenvalue weighted by atomic mass is 9.50. The van der Waals surface area contributed by atoms with E-state index in [1.54, 1.807) is 0 Å². The summed E-state index contributed by atoms with van der Waals surface area (Å²) < 4.78 is 10.9. The van der Waals surface area contributed by atoms with E-state index in [0.717, 1.165) is 18.3 Å². The van der Waals surface area contributed by atoms with Crippen LogP contribution < -0.4 is 0 Å². The number of cyclic esters (lactones) is 1. The van der Waals surface area contributed by atoms with E-state index in [9.17, 15) is 9.90 Å². The van der Waals surface area contributed by atoms with Crippen molar-refractivity contribution in [3.05, 3.63) is 23.3 Å². The second-order valence-corrected chi connectivity index (χ2v) is 10.8. The molecule has 28 heavy (non-hydrogen) atoms. The molecule has 3 saturated carbocycles. The lowest BCUT2D eigenvalue weighted by Crippen LogP contribution is -2.47. The molecule has 0 bridgehead atoms. The average molecular weight is 387 g/mol. The van der Waals surface area contributed by atoms with Gasteiger partial charge in [-0.05, 0) is 78.6 Å². The molecule has 154 valence electrons. The van der Waals surface area contributed by atoms with E-state index < -0.39 is 12.3 Å². The number of carbonyl (C=O) groups is 1. The van der Waals surface area contributed by atoms with Gasteiger partial charge in [0.1, 0.15) is 0 Å². The van der Waals surface area contributed by atoms with Gasteiger partial charge in [-0.1, -0.05) is 33.3 Å². The summed E-state index contributed by atoms with van der Waals surface area (Å²) in [5.41, 5.74) is 3.54. The zero-order valence-electron chi connectivity index (χ0n) is 17.5. The standard InChI is InChI=1S/C24H34O4/c1-15-8-10-24-14-22(24,2)9-4-5-19(24)23(15,3)12-16-6-7-18(27-13-16)17-11-20(25)28-21(17)26/h6,11,15,18-19,21,26H,4-5,7-10,12-14H2,1-3H3/t15-,18+,19+,21+,22-,23-,24-/m0/s1. The summed E-state index contributed by atoms with van der Waals surface area (Å²) in [4.78, 5) is 11.4. The van der Waals surface area contributed by atoms with Gasteiger partial charge in [0, 0.05) is 11.6 Å². The van der Waals surface area contributed by atoms with Crippen molar-refractivity contribution in [1.82, 2.24) is 0 Å². The molecule has 2 aliphatic heterocycles. The van der Waals surface area contributed by atoms with E-state index in [1.807, 2.05) is 0 Å². The summed E-state index contributed by atoms with van der Waals surface area (Å²) in [6, 6.07) is 0. The summed E-state index contributed by atoms with van der Waals surface area (Å²) in [6.07, 6.45) is 12.6. The summed E-state index contributed by atoms with van der Waals surface area (Å²) in [5.74, 6) is 1.11. The fourth-order valence-corrected chi connectivity index (χ4v) is 7.60. The van der Waals surface area contributed by atoms with Crippen LogP contribution in [0, 0.1) is 28.1 Å². The molecule has 1 spiro atoms. The minimum Gasteiger partial charge on any atom is -0.429 e. The number of aliphatic hydroxyl groups excluding tert-OH is 1. The molecule has 4 heteroatoms. The van der Waals surface area contributed by atoms with Gasteiger partial charge in [0.05, 0.1) is 12.7 Å². The van der Waals surface area contributed by atoms with Crippen molar-refractivity contribution in [2.75, 3.05) is 6.61 Å². The lowest BCUT2D eigenvalue weighted by molar-refractivity contribution is -0.152. The number of hydrogen-bond donors (Lipinski definition) is 1. The van der Waals surface area contributed by atoms with Crippen LogP contribution in [-0.2, 0) is 14.3 Å². The Labute approximate surface area is 168 Å². The molecular weight excluding hydrogens is 352 g/mol. The Morgan fingerprint density at radius 1 is 1.25 bits per heavy atom. The topological polar surface area (TPSA) is 55.8 Å². The molecule has 0 aromatic carbocycles. The second kappa shape index (κ2) is 6.18. The number of esters is 1. The predicted molar refractivity (Wildman–Crippen MR) is 106 cm³/mol. The van der Waals surface area contributed by atoms with Crippen LogP contribution in [0.2, 0.25) is 0 Å². The van der Waals surface area contributed by atoms with Crippen molar-refractivity contribution >= 4 is 5.97 Å². The zero-order chi connectivity index (χ0) is 19.7. The Balaban J connectivity index is 1.33. The smallest absolute Gasteiger partial charge is 0.333 e. The fraction of sp³-hybridized carbons (Fsp3) is 0.792. The van der Waals surface area contributed by atoms with Gasteiger partial charge >= 0.3 is 5.97 Å². The summed E-state index contributed by atoms with van der Waals surface area (Å²) in [5, 5.41) is 9.89. The highest BCUT2D eigenvalue weighted by molar-refractivity contribution is 5.85. The Hall–Kier alpha value is -1.13. The number of rotatable bonds is 3. The number of ether oxygens (including phenoxy) is 2. The van der Waals surface area contributed by atoms with E-state index in [4.69, 9.17) is 9.47 Å². The molecule has 0 radical (unpaired) electrons. The first kappa shape index (κ1) is 18.9. The molecule has 5 rings (SSSR count). The number of hydrogen-bond acceptors (Lipinski definition) is 4. The highest BCUT2D eigenvalue weighted by Crippen LogP contribution is 2.80. The summed E-state index contributed by atoms with van der Waals surface area (Å²) in [7, 11) is 0.